The molecule has 2 aliphatic rings. The van der Waals surface area contributed by atoms with E-state index >= 15 is 0 Å². The van der Waals surface area contributed by atoms with E-state index < -0.39 is 57.1 Å². The Labute approximate surface area is 296 Å². The summed E-state index contributed by atoms with van der Waals surface area (Å²) in [5.74, 6) is -2.41. The van der Waals surface area contributed by atoms with Crippen molar-refractivity contribution in [2.45, 2.75) is 76.0 Å². The molecule has 3 atom stereocenters. The van der Waals surface area contributed by atoms with Gasteiger partial charge in [0.25, 0.3) is 5.91 Å². The molecular weight excluding hydrogens is 686 g/mol. The van der Waals surface area contributed by atoms with Gasteiger partial charge in [0, 0.05) is 37.9 Å². The number of oxazole rings is 1. The van der Waals surface area contributed by atoms with Gasteiger partial charge >= 0.3 is 0 Å². The lowest BCUT2D eigenvalue weighted by Crippen LogP contribution is -2.64. The normalized spacial score (nSPS) is 18.6. The second kappa shape index (κ2) is 15.4. The van der Waals surface area contributed by atoms with E-state index in [0.29, 0.717) is 16.5 Å². The van der Waals surface area contributed by atoms with Gasteiger partial charge in [-0.25, -0.2) is 18.4 Å². The summed E-state index contributed by atoms with van der Waals surface area (Å²) in [6.07, 6.45) is 7.44. The Morgan fingerprint density at radius 2 is 1.78 bits per heavy atom. The van der Waals surface area contributed by atoms with E-state index in [1.165, 1.54) is 29.6 Å². The Hall–Kier alpha value is -4.18. The summed E-state index contributed by atoms with van der Waals surface area (Å²) >= 11 is 5.98. The highest BCUT2D eigenvalue weighted by Gasteiger charge is 2.42. The Morgan fingerprint density at radius 1 is 1.06 bits per heavy atom. The number of amides is 3. The first-order chi connectivity index (χ1) is 23.6. The number of rotatable bonds is 13. The number of carbonyl (C=O) groups excluding carboxylic acids is 4. The van der Waals surface area contributed by atoms with Crippen LogP contribution in [-0.2, 0) is 35.7 Å². The SMILES string of the molecule is CC(C)(C)[C@H](NS(=O)(=O)c1ccc(-c2cnco2)cc1)C(=O)N1CCN(Cc2ccc(Cl)nc2)[C@@H](C(=O)NC(CC2CCC2)C(=O)C(N)=O)C1. The largest absolute Gasteiger partial charge is 0.444 e. The van der Waals surface area contributed by atoms with Crippen LogP contribution in [0.5, 0.6) is 0 Å². The highest BCUT2D eigenvalue weighted by molar-refractivity contribution is 7.89. The fourth-order valence-electron chi connectivity index (χ4n) is 6.09. The molecule has 1 aromatic carbocycles. The average Bonchev–Trinajstić information content (AvgIpc) is 3.60. The van der Waals surface area contributed by atoms with Crippen LogP contribution in [0.25, 0.3) is 11.3 Å². The highest BCUT2D eigenvalue weighted by atomic mass is 35.5. The average molecular weight is 728 g/mol. The van der Waals surface area contributed by atoms with Gasteiger partial charge in [-0.05, 0) is 53.6 Å². The summed E-state index contributed by atoms with van der Waals surface area (Å²) in [4.78, 5) is 64.2. The lowest BCUT2D eigenvalue weighted by Gasteiger charge is -2.43. The Bertz CT molecular complexity index is 1790. The Balaban J connectivity index is 1.37. The van der Waals surface area contributed by atoms with E-state index in [-0.39, 0.29) is 43.4 Å². The van der Waals surface area contributed by atoms with Gasteiger partial charge in [0.15, 0.2) is 12.2 Å². The topological polar surface area (TPSA) is 198 Å². The molecule has 4 N–H and O–H groups in total. The summed E-state index contributed by atoms with van der Waals surface area (Å²) in [5, 5.41) is 3.07. The highest BCUT2D eigenvalue weighted by Crippen LogP contribution is 2.31. The van der Waals surface area contributed by atoms with Crippen molar-refractivity contribution in [3.8, 4) is 11.3 Å². The molecule has 268 valence electrons. The van der Waals surface area contributed by atoms with E-state index in [2.05, 4.69) is 20.0 Å². The zero-order valence-corrected chi connectivity index (χ0v) is 29.7. The molecule has 3 aromatic rings. The number of nitrogens with two attached hydrogens (primary N) is 1. The maximum Gasteiger partial charge on any atom is 0.287 e. The summed E-state index contributed by atoms with van der Waals surface area (Å²) in [5.41, 5.74) is 5.87. The predicted octanol–water partition coefficient (Wildman–Crippen LogP) is 2.53. The molecule has 5 rings (SSSR count). The van der Waals surface area contributed by atoms with Crippen molar-refractivity contribution in [1.29, 1.82) is 0 Å². The lowest BCUT2D eigenvalue weighted by molar-refractivity contribution is -0.143. The number of Topliss-reactive ketones (excluding diaryl/α,β-unsaturated/α-hetero) is 1. The van der Waals surface area contributed by atoms with E-state index in [1.54, 1.807) is 51.2 Å². The standard InChI is InChI=1S/C34H42ClN7O7S/c1-34(2,3)30(40-50(47,48)24-10-8-23(9-11-24)27-17-37-20-49-27)33(46)42-14-13-41(18-22-7-12-28(35)38-16-22)26(19-42)32(45)39-25(29(43)31(36)44)15-21-5-4-6-21/h7-12,16-17,20-21,25-26,30,40H,4-6,13-15,18-19H2,1-3H3,(H2,36,44)(H,39,45)/t25?,26-,30-/m1/s1. The first kappa shape index (κ1) is 37.1. The van der Waals surface area contributed by atoms with Gasteiger partial charge in [-0.2, -0.15) is 4.72 Å². The van der Waals surface area contributed by atoms with Gasteiger partial charge in [0.2, 0.25) is 27.6 Å². The maximum atomic E-state index is 14.2. The van der Waals surface area contributed by atoms with Crippen LogP contribution in [0.1, 0.15) is 52.0 Å². The molecule has 0 radical (unpaired) electrons. The molecule has 14 nitrogen and oxygen atoms in total. The predicted molar refractivity (Wildman–Crippen MR) is 184 cm³/mol. The number of ketones is 1. The van der Waals surface area contributed by atoms with E-state index in [1.807, 2.05) is 4.90 Å². The van der Waals surface area contributed by atoms with Crippen molar-refractivity contribution in [3.63, 3.8) is 0 Å². The van der Waals surface area contributed by atoms with Crippen LogP contribution in [0.2, 0.25) is 5.15 Å². The number of halogens is 1. The lowest BCUT2D eigenvalue weighted by atomic mass is 9.80. The van der Waals surface area contributed by atoms with Crippen LogP contribution in [0.15, 0.2) is 64.5 Å². The molecular formula is C34H42ClN7O7S. The van der Waals surface area contributed by atoms with Gasteiger partial charge in [-0.15, -0.1) is 0 Å². The van der Waals surface area contributed by atoms with Crippen LogP contribution >= 0.6 is 11.6 Å². The van der Waals surface area contributed by atoms with Crippen molar-refractivity contribution >= 4 is 45.1 Å². The third kappa shape index (κ3) is 8.94. The minimum absolute atomic E-state index is 0.0434. The third-order valence-electron chi connectivity index (χ3n) is 9.22. The zero-order valence-electron chi connectivity index (χ0n) is 28.2. The molecule has 0 bridgehead atoms. The number of pyridine rings is 1. The summed E-state index contributed by atoms with van der Waals surface area (Å²) in [6.45, 7) is 5.86. The van der Waals surface area contributed by atoms with Crippen LogP contribution in [0.3, 0.4) is 0 Å². The van der Waals surface area contributed by atoms with E-state index in [4.69, 9.17) is 21.8 Å². The third-order valence-corrected chi connectivity index (χ3v) is 10.9. The number of hydrogen-bond acceptors (Lipinski definition) is 10. The smallest absolute Gasteiger partial charge is 0.287 e. The van der Waals surface area contributed by atoms with Gasteiger partial charge < -0.3 is 20.4 Å². The van der Waals surface area contributed by atoms with Crippen molar-refractivity contribution in [3.05, 3.63) is 65.9 Å². The minimum atomic E-state index is -4.17. The van der Waals surface area contributed by atoms with Crippen LogP contribution in [0, 0.1) is 11.3 Å². The molecule has 50 heavy (non-hydrogen) atoms. The van der Waals surface area contributed by atoms with E-state index in [0.717, 1.165) is 24.8 Å². The number of primary amides is 1. The molecule has 2 aromatic heterocycles. The van der Waals surface area contributed by atoms with Crippen LogP contribution in [-0.4, -0.2) is 89.5 Å². The molecule has 0 spiro atoms. The second-order valence-electron chi connectivity index (χ2n) is 13.9. The zero-order chi connectivity index (χ0) is 36.2. The molecule has 3 heterocycles. The molecule has 2 fully saturated rings. The monoisotopic (exact) mass is 727 g/mol. The Morgan fingerprint density at radius 3 is 2.34 bits per heavy atom. The molecule has 16 heteroatoms. The van der Waals surface area contributed by atoms with Crippen LogP contribution in [0.4, 0.5) is 0 Å². The molecule has 1 unspecified atom stereocenters. The first-order valence-corrected chi connectivity index (χ1v) is 18.3. The van der Waals surface area contributed by atoms with Crippen molar-refractivity contribution in [2.24, 2.45) is 17.1 Å². The number of nitrogens with one attached hydrogen (secondary N) is 2. The van der Waals surface area contributed by atoms with Crippen LogP contribution < -0.4 is 15.8 Å². The summed E-state index contributed by atoms with van der Waals surface area (Å²) < 4.78 is 35.1. The Kier molecular flexibility index (Phi) is 11.4. The molecule has 1 aliphatic carbocycles. The number of benzene rings is 1. The molecule has 3 amide bonds. The number of nitrogens with zero attached hydrogens (tertiary/aromatic N) is 4. The van der Waals surface area contributed by atoms with E-state index in [9.17, 15) is 27.6 Å². The number of carbonyl (C=O) groups is 4. The van der Waals surface area contributed by atoms with Crippen molar-refractivity contribution in [1.82, 2.24) is 29.8 Å². The quantitative estimate of drug-likeness (QED) is 0.174. The van der Waals surface area contributed by atoms with Crippen molar-refractivity contribution in [2.75, 3.05) is 19.6 Å². The maximum absolute atomic E-state index is 14.2. The van der Waals surface area contributed by atoms with Gasteiger partial charge in [0.05, 0.1) is 17.1 Å². The van der Waals surface area contributed by atoms with Gasteiger partial charge in [-0.3, -0.25) is 24.1 Å². The van der Waals surface area contributed by atoms with Crippen molar-refractivity contribution < 1.29 is 32.0 Å². The first-order valence-electron chi connectivity index (χ1n) is 16.4. The van der Waals surface area contributed by atoms with Gasteiger partial charge in [-0.1, -0.05) is 57.7 Å². The molecule has 1 aliphatic heterocycles. The molecule has 1 saturated heterocycles. The fourth-order valence-corrected chi connectivity index (χ4v) is 7.59. The second-order valence-corrected chi connectivity index (χ2v) is 16.0. The molecule has 1 saturated carbocycles. The van der Waals surface area contributed by atoms with Gasteiger partial charge in [0.1, 0.15) is 17.2 Å². The number of piperazine rings is 1. The number of aromatic nitrogens is 2. The summed E-state index contributed by atoms with van der Waals surface area (Å²) in [6, 6.07) is 6.18. The number of hydrogen-bond donors (Lipinski definition) is 3. The minimum Gasteiger partial charge on any atom is -0.444 e. The summed E-state index contributed by atoms with van der Waals surface area (Å²) in [7, 11) is -4.17. The fraction of sp³-hybridized carbons (Fsp3) is 0.471. The number of sulfonamides is 1.